The van der Waals surface area contributed by atoms with Gasteiger partial charge in [-0.3, -0.25) is 9.89 Å². The molecule has 1 rings (SSSR count). The number of amides is 1. The van der Waals surface area contributed by atoms with Crippen LogP contribution in [0.15, 0.2) is 6.20 Å². The lowest BCUT2D eigenvalue weighted by Gasteiger charge is -1.88. The second-order valence-electron chi connectivity index (χ2n) is 1.56. The van der Waals surface area contributed by atoms with E-state index < -0.39 is 16.8 Å². The van der Waals surface area contributed by atoms with Crippen LogP contribution in [0.3, 0.4) is 0 Å². The minimum absolute atomic E-state index is 0.0656. The van der Waals surface area contributed by atoms with Crippen LogP contribution in [0.2, 0.25) is 0 Å². The molecule has 1 heterocycles. The molecule has 0 unspecified atom stereocenters. The number of nitrogens with zero attached hydrogens (tertiary/aromatic N) is 2. The highest BCUT2D eigenvalue weighted by Crippen LogP contribution is 1.86. The van der Waals surface area contributed by atoms with Gasteiger partial charge in [-0.2, -0.15) is 0 Å². The molecule has 8 heteroatoms. The standard InChI is InChI=1S/C3H4N4O3S/c8-3(6-11(9)10)2-1-4-7-5-2/h1,11H,(H,4,5,7)(H,6,8,9,10). The number of aromatic amines is 1. The Morgan fingerprint density at radius 2 is 2.36 bits per heavy atom. The van der Waals surface area contributed by atoms with Crippen LogP contribution in [0, 0.1) is 0 Å². The molecule has 0 spiro atoms. The van der Waals surface area contributed by atoms with E-state index in [1.165, 1.54) is 6.20 Å². The van der Waals surface area contributed by atoms with Crippen molar-refractivity contribution in [2.24, 2.45) is 0 Å². The quantitative estimate of drug-likeness (QED) is 0.455. The topological polar surface area (TPSA) is 105 Å². The molecule has 1 aromatic rings. The molecular formula is C3H4N4O3S. The maximum absolute atomic E-state index is 10.7. The van der Waals surface area contributed by atoms with E-state index in [-0.39, 0.29) is 5.69 Å². The normalized spacial score (nSPS) is 9.91. The summed E-state index contributed by atoms with van der Waals surface area (Å²) in [5, 5.41) is 8.77. The van der Waals surface area contributed by atoms with E-state index in [1.807, 2.05) is 0 Å². The number of carbonyl (C=O) groups is 1. The predicted molar refractivity (Wildman–Crippen MR) is 34.2 cm³/mol. The lowest BCUT2D eigenvalue weighted by molar-refractivity contribution is 0.0977. The van der Waals surface area contributed by atoms with Crippen molar-refractivity contribution in [3.8, 4) is 0 Å². The van der Waals surface area contributed by atoms with Crippen LogP contribution in [0.5, 0.6) is 0 Å². The first kappa shape index (κ1) is 7.66. The minimum Gasteiger partial charge on any atom is -0.266 e. The van der Waals surface area contributed by atoms with Crippen LogP contribution in [0.1, 0.15) is 10.5 Å². The summed E-state index contributed by atoms with van der Waals surface area (Å²) in [7, 11) is -2.93. The van der Waals surface area contributed by atoms with Crippen LogP contribution in [0.4, 0.5) is 0 Å². The van der Waals surface area contributed by atoms with E-state index in [2.05, 4.69) is 15.4 Å². The van der Waals surface area contributed by atoms with Crippen LogP contribution >= 0.6 is 0 Å². The summed E-state index contributed by atoms with van der Waals surface area (Å²) in [6, 6.07) is 0. The van der Waals surface area contributed by atoms with E-state index in [1.54, 1.807) is 4.72 Å². The largest absolute Gasteiger partial charge is 0.286 e. The van der Waals surface area contributed by atoms with Crippen molar-refractivity contribution in [1.29, 1.82) is 0 Å². The predicted octanol–water partition coefficient (Wildman–Crippen LogP) is -1.94. The molecule has 1 aromatic heterocycles. The zero-order valence-corrected chi connectivity index (χ0v) is 6.04. The van der Waals surface area contributed by atoms with Crippen molar-refractivity contribution in [3.63, 3.8) is 0 Å². The summed E-state index contributed by atoms with van der Waals surface area (Å²) in [4.78, 5) is 10.7. The number of H-pyrrole nitrogens is 1. The molecule has 0 atom stereocenters. The molecule has 0 saturated heterocycles. The van der Waals surface area contributed by atoms with Crippen molar-refractivity contribution in [2.75, 3.05) is 0 Å². The fourth-order valence-electron chi connectivity index (χ4n) is 0.453. The third-order valence-electron chi connectivity index (χ3n) is 0.842. The molecule has 0 bridgehead atoms. The van der Waals surface area contributed by atoms with Crippen LogP contribution in [-0.2, 0) is 10.9 Å². The Balaban J connectivity index is 2.71. The fourth-order valence-corrected chi connectivity index (χ4v) is 0.733. The molecule has 1 amide bonds. The molecule has 0 aliphatic carbocycles. The number of thiol groups is 1. The molecule has 0 aliphatic rings. The maximum atomic E-state index is 10.7. The van der Waals surface area contributed by atoms with Gasteiger partial charge >= 0.3 is 0 Å². The Morgan fingerprint density at radius 3 is 2.82 bits per heavy atom. The smallest absolute Gasteiger partial charge is 0.266 e. The summed E-state index contributed by atoms with van der Waals surface area (Å²) in [6.45, 7) is 0. The zero-order valence-electron chi connectivity index (χ0n) is 5.14. The lowest BCUT2D eigenvalue weighted by Crippen LogP contribution is -2.21. The van der Waals surface area contributed by atoms with Crippen molar-refractivity contribution in [2.45, 2.75) is 0 Å². The Bertz CT molecular complexity index is 307. The molecule has 7 nitrogen and oxygen atoms in total. The van der Waals surface area contributed by atoms with Gasteiger partial charge in [0.25, 0.3) is 5.91 Å². The SMILES string of the molecule is O=C(N[SH](=O)=O)c1c[nH]nn1. The second kappa shape index (κ2) is 3.10. The van der Waals surface area contributed by atoms with E-state index in [0.717, 1.165) is 0 Å². The Labute approximate surface area is 62.9 Å². The monoisotopic (exact) mass is 176 g/mol. The number of carbonyl (C=O) groups excluding carboxylic acids is 1. The van der Waals surface area contributed by atoms with Gasteiger partial charge in [-0.05, 0) is 0 Å². The Hall–Kier alpha value is -1.44. The average molecular weight is 176 g/mol. The van der Waals surface area contributed by atoms with Crippen LogP contribution in [-0.4, -0.2) is 29.7 Å². The number of aromatic nitrogens is 3. The second-order valence-corrected chi connectivity index (χ2v) is 2.29. The van der Waals surface area contributed by atoms with Gasteiger partial charge in [-0.1, -0.05) is 5.21 Å². The Kier molecular flexibility index (Phi) is 2.16. The van der Waals surface area contributed by atoms with E-state index in [9.17, 15) is 13.2 Å². The van der Waals surface area contributed by atoms with Crippen molar-refractivity contribution in [1.82, 2.24) is 20.1 Å². The maximum Gasteiger partial charge on any atom is 0.286 e. The first-order valence-corrected chi connectivity index (χ1v) is 3.69. The zero-order chi connectivity index (χ0) is 8.27. The summed E-state index contributed by atoms with van der Waals surface area (Å²) < 4.78 is 21.5. The molecule has 60 valence electrons. The highest BCUT2D eigenvalue weighted by molar-refractivity contribution is 7.71. The molecule has 0 radical (unpaired) electrons. The first-order chi connectivity index (χ1) is 5.20. The number of hydrogen-bond acceptors (Lipinski definition) is 5. The van der Waals surface area contributed by atoms with E-state index >= 15 is 0 Å². The molecule has 0 saturated carbocycles. The van der Waals surface area contributed by atoms with Gasteiger partial charge < -0.3 is 0 Å². The van der Waals surface area contributed by atoms with Gasteiger partial charge in [-0.15, -0.1) is 5.10 Å². The average Bonchev–Trinajstić information content (AvgIpc) is 2.35. The van der Waals surface area contributed by atoms with E-state index in [0.29, 0.717) is 0 Å². The molecule has 0 aliphatic heterocycles. The molecule has 2 N–H and O–H groups in total. The van der Waals surface area contributed by atoms with Gasteiger partial charge in [0, 0.05) is 0 Å². The summed E-state index contributed by atoms with van der Waals surface area (Å²) >= 11 is 0. The number of rotatable bonds is 2. The van der Waals surface area contributed by atoms with Gasteiger partial charge in [0.2, 0.25) is 10.9 Å². The molecule has 0 fully saturated rings. The minimum atomic E-state index is -2.93. The molecular weight excluding hydrogens is 172 g/mol. The fraction of sp³-hybridized carbons (Fsp3) is 0. The summed E-state index contributed by atoms with van der Waals surface area (Å²) in [5.41, 5.74) is -0.0656. The summed E-state index contributed by atoms with van der Waals surface area (Å²) in [5.74, 6) is -0.796. The van der Waals surface area contributed by atoms with Crippen LogP contribution in [0.25, 0.3) is 0 Å². The van der Waals surface area contributed by atoms with Gasteiger partial charge in [0.15, 0.2) is 5.69 Å². The number of hydrogen-bond donors (Lipinski definition) is 3. The van der Waals surface area contributed by atoms with Gasteiger partial charge in [0.1, 0.15) is 0 Å². The molecule has 0 aromatic carbocycles. The summed E-state index contributed by atoms with van der Waals surface area (Å²) in [6.07, 6.45) is 1.19. The van der Waals surface area contributed by atoms with E-state index in [4.69, 9.17) is 0 Å². The van der Waals surface area contributed by atoms with Crippen molar-refractivity contribution >= 4 is 16.8 Å². The van der Waals surface area contributed by atoms with Crippen molar-refractivity contribution in [3.05, 3.63) is 11.9 Å². The number of nitrogens with one attached hydrogen (secondary N) is 2. The molecule has 11 heavy (non-hydrogen) atoms. The van der Waals surface area contributed by atoms with Crippen molar-refractivity contribution < 1.29 is 13.2 Å². The third-order valence-corrected chi connectivity index (χ3v) is 1.23. The highest BCUT2D eigenvalue weighted by atomic mass is 32.2. The third kappa shape index (κ3) is 2.00. The highest BCUT2D eigenvalue weighted by Gasteiger charge is 2.07. The van der Waals surface area contributed by atoms with Gasteiger partial charge in [-0.25, -0.2) is 13.1 Å². The Morgan fingerprint density at radius 1 is 1.64 bits per heavy atom. The van der Waals surface area contributed by atoms with Crippen LogP contribution < -0.4 is 4.72 Å². The lowest BCUT2D eigenvalue weighted by atomic mass is 10.5. The van der Waals surface area contributed by atoms with Gasteiger partial charge in [0.05, 0.1) is 6.20 Å². The first-order valence-electron chi connectivity index (χ1n) is 2.52.